The Morgan fingerprint density at radius 1 is 1.12 bits per heavy atom. The molecule has 0 fully saturated rings. The fraction of sp³-hybridized carbons (Fsp3) is 0.650. The van der Waals surface area contributed by atoms with Gasteiger partial charge < -0.3 is 9.64 Å². The summed E-state index contributed by atoms with van der Waals surface area (Å²) in [5.41, 5.74) is 0.388. The molecule has 26 heavy (non-hydrogen) atoms. The van der Waals surface area contributed by atoms with Crippen LogP contribution in [0, 0.1) is 22.0 Å². The van der Waals surface area contributed by atoms with Crippen LogP contribution in [0.25, 0.3) is 0 Å². The Morgan fingerprint density at radius 3 is 2.15 bits per heavy atom. The lowest BCUT2D eigenvalue weighted by Gasteiger charge is -2.28. The van der Waals surface area contributed by atoms with Gasteiger partial charge in [-0.15, -0.1) is 0 Å². The van der Waals surface area contributed by atoms with Crippen LogP contribution < -0.4 is 0 Å². The molecule has 0 radical (unpaired) electrons. The lowest BCUT2D eigenvalue weighted by atomic mass is 10.0. The molecule has 0 heterocycles. The highest BCUT2D eigenvalue weighted by Crippen LogP contribution is 2.20. The van der Waals surface area contributed by atoms with Gasteiger partial charge in [-0.05, 0) is 30.7 Å². The Labute approximate surface area is 156 Å². The van der Waals surface area contributed by atoms with Crippen molar-refractivity contribution >= 4 is 11.8 Å². The van der Waals surface area contributed by atoms with Crippen LogP contribution in [0.5, 0.6) is 0 Å². The average Bonchev–Trinajstić information content (AvgIpc) is 2.59. The first-order chi connectivity index (χ1) is 12.4. The average molecular weight is 364 g/mol. The Balaban J connectivity index is 2.76. The number of para-hydroxylation sites is 1. The van der Waals surface area contributed by atoms with E-state index in [-0.39, 0.29) is 12.3 Å². The molecule has 0 spiro atoms. The van der Waals surface area contributed by atoms with Crippen molar-refractivity contribution in [2.45, 2.75) is 60.0 Å². The van der Waals surface area contributed by atoms with Crippen LogP contribution in [-0.4, -0.2) is 29.0 Å². The highest BCUT2D eigenvalue weighted by atomic mass is 16.6. The first-order valence-electron chi connectivity index (χ1n) is 9.52. The highest BCUT2D eigenvalue weighted by molar-refractivity contribution is 5.67. The minimum Gasteiger partial charge on any atom is -0.444 e. The lowest BCUT2D eigenvalue weighted by molar-refractivity contribution is -0.385. The molecule has 6 nitrogen and oxygen atoms in total. The maximum Gasteiger partial charge on any atom is 0.410 e. The van der Waals surface area contributed by atoms with E-state index in [0.29, 0.717) is 30.5 Å². The summed E-state index contributed by atoms with van der Waals surface area (Å²) in [5, 5.41) is 11.1. The van der Waals surface area contributed by atoms with Crippen molar-refractivity contribution in [2.24, 2.45) is 11.8 Å². The summed E-state index contributed by atoms with van der Waals surface area (Å²) >= 11 is 0. The molecule has 6 heteroatoms. The van der Waals surface area contributed by atoms with Crippen molar-refractivity contribution in [1.82, 2.24) is 4.90 Å². The zero-order valence-electron chi connectivity index (χ0n) is 16.4. The summed E-state index contributed by atoms with van der Waals surface area (Å²) < 4.78 is 5.42. The predicted octanol–water partition coefficient (Wildman–Crippen LogP) is 5.41. The van der Waals surface area contributed by atoms with Gasteiger partial charge >= 0.3 is 6.09 Å². The number of nitrogens with zero attached hydrogens (tertiary/aromatic N) is 2. The molecular weight excluding hydrogens is 332 g/mol. The Morgan fingerprint density at radius 2 is 1.65 bits per heavy atom. The molecule has 0 aliphatic rings. The van der Waals surface area contributed by atoms with Gasteiger partial charge in [-0.3, -0.25) is 10.1 Å². The first kappa shape index (κ1) is 21.9. The number of rotatable bonds is 11. The third-order valence-electron chi connectivity index (χ3n) is 4.42. The molecule has 1 rings (SSSR count). The molecule has 1 amide bonds. The molecule has 0 saturated carbocycles. The molecule has 0 N–H and O–H groups in total. The molecule has 0 aromatic heterocycles. The Hall–Kier alpha value is -2.11. The van der Waals surface area contributed by atoms with Crippen molar-refractivity contribution in [3.63, 3.8) is 0 Å². The van der Waals surface area contributed by atoms with Crippen LogP contribution in [0.4, 0.5) is 10.5 Å². The van der Waals surface area contributed by atoms with Gasteiger partial charge in [0.15, 0.2) is 0 Å². The van der Waals surface area contributed by atoms with Gasteiger partial charge in [0.1, 0.15) is 6.61 Å². The summed E-state index contributed by atoms with van der Waals surface area (Å²) in [4.78, 5) is 25.0. The summed E-state index contributed by atoms with van der Waals surface area (Å²) in [6, 6.07) is 6.36. The van der Waals surface area contributed by atoms with Gasteiger partial charge in [-0.1, -0.05) is 52.7 Å². The second kappa shape index (κ2) is 11.5. The number of nitro groups is 1. The highest BCUT2D eigenvalue weighted by Gasteiger charge is 2.21. The van der Waals surface area contributed by atoms with Crippen molar-refractivity contribution in [3.05, 3.63) is 39.9 Å². The second-order valence-electron chi connectivity index (χ2n) is 7.13. The molecule has 1 aromatic carbocycles. The maximum atomic E-state index is 12.6. The van der Waals surface area contributed by atoms with Crippen LogP contribution in [0.15, 0.2) is 24.3 Å². The zero-order valence-corrected chi connectivity index (χ0v) is 16.4. The Kier molecular flexibility index (Phi) is 9.70. The summed E-state index contributed by atoms with van der Waals surface area (Å²) in [6.45, 7) is 9.75. The number of hydrogen-bond donors (Lipinski definition) is 0. The van der Waals surface area contributed by atoms with Crippen LogP contribution >= 0.6 is 0 Å². The van der Waals surface area contributed by atoms with E-state index < -0.39 is 11.0 Å². The van der Waals surface area contributed by atoms with E-state index in [1.807, 2.05) is 0 Å². The maximum absolute atomic E-state index is 12.6. The number of benzene rings is 1. The molecular formula is C20H32N2O4. The third-order valence-corrected chi connectivity index (χ3v) is 4.42. The van der Waals surface area contributed by atoms with Crippen molar-refractivity contribution in [2.75, 3.05) is 13.1 Å². The molecule has 0 bridgehead atoms. The van der Waals surface area contributed by atoms with Crippen LogP contribution in [0.1, 0.15) is 58.9 Å². The van der Waals surface area contributed by atoms with Gasteiger partial charge in [0.2, 0.25) is 0 Å². The first-order valence-corrected chi connectivity index (χ1v) is 9.52. The van der Waals surface area contributed by atoms with Crippen molar-refractivity contribution in [3.8, 4) is 0 Å². The number of amides is 1. The minimum atomic E-state index is -0.451. The van der Waals surface area contributed by atoms with E-state index in [1.54, 1.807) is 23.1 Å². The van der Waals surface area contributed by atoms with E-state index in [1.165, 1.54) is 6.07 Å². The summed E-state index contributed by atoms with van der Waals surface area (Å²) in [6.07, 6.45) is 3.86. The number of hydrogen-bond acceptors (Lipinski definition) is 4. The predicted molar refractivity (Wildman–Crippen MR) is 103 cm³/mol. The van der Waals surface area contributed by atoms with Gasteiger partial charge in [0.25, 0.3) is 5.69 Å². The summed E-state index contributed by atoms with van der Waals surface area (Å²) in [5.74, 6) is 0.792. The van der Waals surface area contributed by atoms with E-state index in [0.717, 1.165) is 25.7 Å². The molecule has 2 unspecified atom stereocenters. The second-order valence-corrected chi connectivity index (χ2v) is 7.13. The molecule has 1 aromatic rings. The lowest BCUT2D eigenvalue weighted by Crippen LogP contribution is -2.38. The standard InChI is InChI=1S/C20H32N2O4/c1-5-9-16(3)13-21(14-17(4)10-6-2)20(23)26-15-18-11-7-8-12-19(18)22(24)25/h7-8,11-12,16-17H,5-6,9-10,13-15H2,1-4H3. The van der Waals surface area contributed by atoms with Gasteiger partial charge in [-0.2, -0.15) is 0 Å². The molecule has 2 atom stereocenters. The van der Waals surface area contributed by atoms with Crippen molar-refractivity contribution < 1.29 is 14.5 Å². The fourth-order valence-electron chi connectivity index (χ4n) is 3.19. The SMILES string of the molecule is CCCC(C)CN(CC(C)CCC)C(=O)OCc1ccccc1[N+](=O)[O-]. The van der Waals surface area contributed by atoms with Gasteiger partial charge in [0, 0.05) is 19.2 Å². The van der Waals surface area contributed by atoms with E-state index >= 15 is 0 Å². The van der Waals surface area contributed by atoms with Gasteiger partial charge in [0.05, 0.1) is 10.5 Å². The van der Waals surface area contributed by atoms with Gasteiger partial charge in [-0.25, -0.2) is 4.79 Å². The Bertz CT molecular complexity index is 563. The smallest absolute Gasteiger partial charge is 0.410 e. The van der Waals surface area contributed by atoms with Crippen molar-refractivity contribution in [1.29, 1.82) is 0 Å². The monoisotopic (exact) mass is 364 g/mol. The largest absolute Gasteiger partial charge is 0.444 e. The van der Waals surface area contributed by atoms with E-state index in [9.17, 15) is 14.9 Å². The normalized spacial score (nSPS) is 13.1. The fourth-order valence-corrected chi connectivity index (χ4v) is 3.19. The minimum absolute atomic E-state index is 0.0226. The molecule has 0 aliphatic heterocycles. The number of ether oxygens (including phenoxy) is 1. The molecule has 0 aliphatic carbocycles. The van der Waals surface area contributed by atoms with Crippen LogP contribution in [-0.2, 0) is 11.3 Å². The molecule has 0 saturated heterocycles. The summed E-state index contributed by atoms with van der Waals surface area (Å²) in [7, 11) is 0. The number of carbonyl (C=O) groups excluding carboxylic acids is 1. The molecule has 146 valence electrons. The van der Waals surface area contributed by atoms with Crippen LogP contribution in [0.2, 0.25) is 0 Å². The zero-order chi connectivity index (χ0) is 19.5. The topological polar surface area (TPSA) is 72.7 Å². The number of nitro benzene ring substituents is 1. The van der Waals surface area contributed by atoms with Crippen LogP contribution in [0.3, 0.4) is 0 Å². The van der Waals surface area contributed by atoms with E-state index in [4.69, 9.17) is 4.74 Å². The quantitative estimate of drug-likeness (QED) is 0.389. The third kappa shape index (κ3) is 7.42. The van der Waals surface area contributed by atoms with E-state index in [2.05, 4.69) is 27.7 Å². The number of carbonyl (C=O) groups is 1.